The monoisotopic (exact) mass is 402 g/mol. The van der Waals surface area contributed by atoms with Crippen LogP contribution in [0.25, 0.3) is 0 Å². The highest BCUT2D eigenvalue weighted by atomic mass is 19.4. The second-order valence-corrected chi connectivity index (χ2v) is 6.45. The summed E-state index contributed by atoms with van der Waals surface area (Å²) in [5.74, 6) is -2.03. The van der Waals surface area contributed by atoms with Gasteiger partial charge in [-0.05, 0) is 49.5 Å². The van der Waals surface area contributed by atoms with E-state index in [4.69, 9.17) is 14.6 Å². The Morgan fingerprint density at radius 1 is 1.07 bits per heavy atom. The van der Waals surface area contributed by atoms with E-state index in [1.807, 2.05) is 12.1 Å². The topological polar surface area (TPSA) is 105 Å². The molecule has 2 saturated heterocycles. The number of rotatable bonds is 3. The van der Waals surface area contributed by atoms with Crippen LogP contribution in [0.15, 0.2) is 24.3 Å². The summed E-state index contributed by atoms with van der Waals surface area (Å²) in [6.45, 7) is 2.14. The van der Waals surface area contributed by atoms with Gasteiger partial charge in [-0.3, -0.25) is 14.9 Å². The highest BCUT2D eigenvalue weighted by Crippen LogP contribution is 2.27. The first kappa shape index (κ1) is 21.7. The fraction of sp³-hybridized carbons (Fsp3) is 0.500. The van der Waals surface area contributed by atoms with E-state index in [9.17, 15) is 22.8 Å². The molecule has 28 heavy (non-hydrogen) atoms. The average molecular weight is 402 g/mol. The number of alkyl halides is 3. The van der Waals surface area contributed by atoms with E-state index in [1.54, 1.807) is 0 Å². The predicted octanol–water partition coefficient (Wildman–Crippen LogP) is 1.97. The van der Waals surface area contributed by atoms with Crippen molar-refractivity contribution in [2.75, 3.05) is 13.1 Å². The number of ether oxygens (including phenoxy) is 1. The molecular weight excluding hydrogens is 381 g/mol. The van der Waals surface area contributed by atoms with Crippen LogP contribution in [0, 0.1) is 0 Å². The Hall–Kier alpha value is -2.62. The number of hydrogen-bond donors (Lipinski definition) is 3. The predicted molar refractivity (Wildman–Crippen MR) is 91.8 cm³/mol. The molecule has 1 atom stereocenters. The summed E-state index contributed by atoms with van der Waals surface area (Å²) in [7, 11) is 0. The summed E-state index contributed by atoms with van der Waals surface area (Å²) in [6.07, 6.45) is -2.54. The minimum absolute atomic E-state index is 0.221. The molecule has 2 amide bonds. The fourth-order valence-corrected chi connectivity index (χ4v) is 2.92. The molecule has 7 nitrogen and oxygen atoms in total. The minimum atomic E-state index is -5.08. The summed E-state index contributed by atoms with van der Waals surface area (Å²) in [5, 5.41) is 12.8. The van der Waals surface area contributed by atoms with E-state index >= 15 is 0 Å². The third-order valence-electron chi connectivity index (χ3n) is 4.40. The largest absolute Gasteiger partial charge is 0.490 e. The van der Waals surface area contributed by atoms with Gasteiger partial charge < -0.3 is 15.2 Å². The van der Waals surface area contributed by atoms with Gasteiger partial charge in [-0.25, -0.2) is 4.79 Å². The second-order valence-electron chi connectivity index (χ2n) is 6.45. The molecule has 154 valence electrons. The van der Waals surface area contributed by atoms with E-state index in [1.165, 1.54) is 5.56 Å². The van der Waals surface area contributed by atoms with Gasteiger partial charge in [-0.2, -0.15) is 13.2 Å². The molecule has 3 N–H and O–H groups in total. The molecule has 2 heterocycles. The van der Waals surface area contributed by atoms with Gasteiger partial charge >= 0.3 is 12.1 Å². The maximum absolute atomic E-state index is 11.7. The Morgan fingerprint density at radius 3 is 2.14 bits per heavy atom. The van der Waals surface area contributed by atoms with Gasteiger partial charge in [0.2, 0.25) is 5.91 Å². The number of amides is 2. The lowest BCUT2D eigenvalue weighted by molar-refractivity contribution is -0.192. The van der Waals surface area contributed by atoms with Crippen LogP contribution >= 0.6 is 0 Å². The quantitative estimate of drug-likeness (QED) is 0.668. The van der Waals surface area contributed by atoms with Crippen LogP contribution in [-0.4, -0.2) is 48.3 Å². The number of imide groups is 1. The highest BCUT2D eigenvalue weighted by Gasteiger charge is 2.38. The lowest BCUT2D eigenvalue weighted by atomic mass is 9.90. The number of aliphatic carboxylic acids is 1. The van der Waals surface area contributed by atoms with E-state index in [2.05, 4.69) is 22.8 Å². The molecule has 10 heteroatoms. The lowest BCUT2D eigenvalue weighted by Crippen LogP contribution is -2.46. The molecule has 3 rings (SSSR count). The number of carboxylic acids is 1. The number of halogens is 3. The number of carbonyl (C=O) groups excluding carboxylic acids is 2. The van der Waals surface area contributed by atoms with Gasteiger partial charge in [0.15, 0.2) is 6.10 Å². The standard InChI is InChI=1S/C16H20N2O3.C2HF3O2/c19-15-6-5-14(16(20)18-15)21-13-3-1-11(2-4-13)12-7-9-17-10-8-12;3-2(4,5)1(6)7/h1-4,12,14,17H,5-10H2,(H,18,19,20);(H,6,7). The zero-order valence-corrected chi connectivity index (χ0v) is 14.9. The summed E-state index contributed by atoms with van der Waals surface area (Å²) in [5.41, 5.74) is 1.33. The summed E-state index contributed by atoms with van der Waals surface area (Å²) >= 11 is 0. The van der Waals surface area contributed by atoms with Crippen LogP contribution in [0.4, 0.5) is 13.2 Å². The van der Waals surface area contributed by atoms with Crippen LogP contribution in [0.5, 0.6) is 5.75 Å². The first-order valence-electron chi connectivity index (χ1n) is 8.78. The van der Waals surface area contributed by atoms with Crippen molar-refractivity contribution in [1.82, 2.24) is 10.6 Å². The molecule has 2 aliphatic rings. The van der Waals surface area contributed by atoms with Crippen molar-refractivity contribution in [3.05, 3.63) is 29.8 Å². The fourth-order valence-electron chi connectivity index (χ4n) is 2.92. The lowest BCUT2D eigenvalue weighted by Gasteiger charge is -2.24. The SMILES string of the molecule is O=C(O)C(F)(F)F.O=C1CCC(Oc2ccc(C3CCNCC3)cc2)C(=O)N1. The first-order valence-corrected chi connectivity index (χ1v) is 8.78. The van der Waals surface area contributed by atoms with Crippen molar-refractivity contribution < 1.29 is 37.4 Å². The van der Waals surface area contributed by atoms with Crippen LogP contribution in [0.2, 0.25) is 0 Å². The number of carbonyl (C=O) groups is 3. The zero-order valence-electron chi connectivity index (χ0n) is 14.9. The Morgan fingerprint density at radius 2 is 1.64 bits per heavy atom. The van der Waals surface area contributed by atoms with E-state index in [0.29, 0.717) is 24.5 Å². The maximum atomic E-state index is 11.7. The summed E-state index contributed by atoms with van der Waals surface area (Å²) in [6, 6.07) is 8.00. The van der Waals surface area contributed by atoms with Gasteiger partial charge in [0, 0.05) is 12.8 Å². The Kier molecular flexibility index (Phi) is 7.38. The van der Waals surface area contributed by atoms with Gasteiger partial charge in [0.1, 0.15) is 5.75 Å². The number of nitrogens with one attached hydrogen (secondary N) is 2. The third kappa shape index (κ3) is 6.52. The third-order valence-corrected chi connectivity index (χ3v) is 4.40. The van der Waals surface area contributed by atoms with Crippen LogP contribution in [0.1, 0.15) is 37.2 Å². The van der Waals surface area contributed by atoms with Crippen molar-refractivity contribution in [2.45, 2.75) is 43.9 Å². The molecular formula is C18H21F3N2O5. The molecule has 0 radical (unpaired) electrons. The number of piperidine rings is 2. The maximum Gasteiger partial charge on any atom is 0.490 e. The van der Waals surface area contributed by atoms with Crippen LogP contribution < -0.4 is 15.4 Å². The van der Waals surface area contributed by atoms with E-state index < -0.39 is 18.2 Å². The van der Waals surface area contributed by atoms with Crippen molar-refractivity contribution in [3.63, 3.8) is 0 Å². The first-order chi connectivity index (χ1) is 13.2. The summed E-state index contributed by atoms with van der Waals surface area (Å²) in [4.78, 5) is 31.7. The number of benzene rings is 1. The van der Waals surface area contributed by atoms with Gasteiger partial charge in [-0.15, -0.1) is 0 Å². The molecule has 2 aliphatic heterocycles. The van der Waals surface area contributed by atoms with Crippen molar-refractivity contribution >= 4 is 17.8 Å². The zero-order chi connectivity index (χ0) is 20.7. The van der Waals surface area contributed by atoms with Gasteiger partial charge in [-0.1, -0.05) is 12.1 Å². The average Bonchev–Trinajstić information content (AvgIpc) is 2.65. The number of hydrogen-bond acceptors (Lipinski definition) is 5. The minimum Gasteiger partial charge on any atom is -0.481 e. The molecule has 0 aliphatic carbocycles. The second kappa shape index (κ2) is 9.54. The molecule has 1 aromatic rings. The van der Waals surface area contributed by atoms with Crippen molar-refractivity contribution in [1.29, 1.82) is 0 Å². The Balaban J connectivity index is 0.000000345. The molecule has 0 saturated carbocycles. The van der Waals surface area contributed by atoms with Crippen LogP contribution in [0.3, 0.4) is 0 Å². The van der Waals surface area contributed by atoms with Crippen molar-refractivity contribution in [3.8, 4) is 5.75 Å². The van der Waals surface area contributed by atoms with E-state index in [-0.39, 0.29) is 11.8 Å². The van der Waals surface area contributed by atoms with Crippen molar-refractivity contribution in [2.24, 2.45) is 0 Å². The molecule has 0 bridgehead atoms. The van der Waals surface area contributed by atoms with Gasteiger partial charge in [0.25, 0.3) is 5.91 Å². The smallest absolute Gasteiger partial charge is 0.481 e. The molecule has 0 aromatic heterocycles. The Bertz CT molecular complexity index is 700. The Labute approximate surface area is 159 Å². The summed E-state index contributed by atoms with van der Waals surface area (Å²) < 4.78 is 37.4. The molecule has 1 aromatic carbocycles. The normalized spacial score (nSPS) is 20.6. The molecule has 0 spiro atoms. The van der Waals surface area contributed by atoms with E-state index in [0.717, 1.165) is 25.9 Å². The highest BCUT2D eigenvalue weighted by molar-refractivity contribution is 5.99. The van der Waals surface area contributed by atoms with Gasteiger partial charge in [0.05, 0.1) is 0 Å². The number of carboxylic acid groups (broad SMARTS) is 1. The molecule has 2 fully saturated rings. The van der Waals surface area contributed by atoms with Crippen LogP contribution in [-0.2, 0) is 14.4 Å². The molecule has 1 unspecified atom stereocenters.